The molecule has 0 atom stereocenters. The zero-order valence-corrected chi connectivity index (χ0v) is 10.5. The van der Waals surface area contributed by atoms with Crippen molar-refractivity contribution in [1.29, 1.82) is 0 Å². The lowest BCUT2D eigenvalue weighted by Crippen LogP contribution is -2.49. The average molecular weight is 250 g/mol. The first-order valence-electron chi connectivity index (χ1n) is 5.96. The van der Waals surface area contributed by atoms with Crippen molar-refractivity contribution in [2.75, 3.05) is 45.6 Å². The van der Waals surface area contributed by atoms with Crippen LogP contribution in [0.2, 0.25) is 0 Å². The van der Waals surface area contributed by atoms with Crippen molar-refractivity contribution in [3.05, 3.63) is 18.3 Å². The molecular weight excluding hydrogens is 232 g/mol. The Bertz CT molecular complexity index is 424. The molecule has 1 aromatic rings. The largest absolute Gasteiger partial charge is 0.492 e. The molecule has 1 aliphatic heterocycles. The van der Waals surface area contributed by atoms with Gasteiger partial charge in [-0.2, -0.15) is 0 Å². The highest BCUT2D eigenvalue weighted by atomic mass is 16.5. The molecule has 6 heteroatoms. The van der Waals surface area contributed by atoms with Crippen molar-refractivity contribution in [2.24, 2.45) is 0 Å². The standard InChI is InChI=1S/C12H18N4O2/c1-15-4-5-16(9-12(15)17)6-7-18-10-2-3-14-11(13)8-10/h2-3,8H,4-7,9H2,1H3,(H2,13,14). The summed E-state index contributed by atoms with van der Waals surface area (Å²) in [6, 6.07) is 3.46. The summed E-state index contributed by atoms with van der Waals surface area (Å²) in [7, 11) is 1.83. The van der Waals surface area contributed by atoms with Gasteiger partial charge in [0.1, 0.15) is 18.2 Å². The van der Waals surface area contributed by atoms with Crippen LogP contribution in [0.5, 0.6) is 5.75 Å². The van der Waals surface area contributed by atoms with E-state index in [0.29, 0.717) is 24.7 Å². The third-order valence-electron chi connectivity index (χ3n) is 2.97. The number of likely N-dealkylation sites (N-methyl/N-ethyl adjacent to an activating group) is 1. The third kappa shape index (κ3) is 3.33. The summed E-state index contributed by atoms with van der Waals surface area (Å²) >= 11 is 0. The van der Waals surface area contributed by atoms with Gasteiger partial charge in [-0.25, -0.2) is 4.98 Å². The number of pyridine rings is 1. The quantitative estimate of drug-likeness (QED) is 0.802. The second kappa shape index (κ2) is 5.68. The van der Waals surface area contributed by atoms with E-state index in [1.807, 2.05) is 7.05 Å². The van der Waals surface area contributed by atoms with E-state index in [1.54, 1.807) is 23.2 Å². The van der Waals surface area contributed by atoms with Crippen LogP contribution in [0.15, 0.2) is 18.3 Å². The van der Waals surface area contributed by atoms with Crippen molar-refractivity contribution >= 4 is 11.7 Å². The van der Waals surface area contributed by atoms with Gasteiger partial charge in [-0.3, -0.25) is 9.69 Å². The van der Waals surface area contributed by atoms with Crippen molar-refractivity contribution in [3.63, 3.8) is 0 Å². The van der Waals surface area contributed by atoms with Gasteiger partial charge < -0.3 is 15.4 Å². The molecule has 2 heterocycles. The highest BCUT2D eigenvalue weighted by molar-refractivity contribution is 5.78. The van der Waals surface area contributed by atoms with Gasteiger partial charge >= 0.3 is 0 Å². The number of hydrogen-bond donors (Lipinski definition) is 1. The van der Waals surface area contributed by atoms with Gasteiger partial charge in [-0.15, -0.1) is 0 Å². The number of piperazine rings is 1. The zero-order valence-electron chi connectivity index (χ0n) is 10.5. The summed E-state index contributed by atoms with van der Waals surface area (Å²) in [4.78, 5) is 19.2. The molecule has 18 heavy (non-hydrogen) atoms. The third-order valence-corrected chi connectivity index (χ3v) is 2.97. The highest BCUT2D eigenvalue weighted by Crippen LogP contribution is 2.11. The van der Waals surface area contributed by atoms with Crippen LogP contribution in [-0.2, 0) is 4.79 Å². The van der Waals surface area contributed by atoms with E-state index in [0.717, 1.165) is 19.6 Å². The second-order valence-corrected chi connectivity index (χ2v) is 4.36. The number of aromatic nitrogens is 1. The minimum absolute atomic E-state index is 0.161. The molecule has 1 saturated heterocycles. The number of hydrogen-bond acceptors (Lipinski definition) is 5. The van der Waals surface area contributed by atoms with Crippen LogP contribution in [0.3, 0.4) is 0 Å². The van der Waals surface area contributed by atoms with Crippen molar-refractivity contribution in [2.45, 2.75) is 0 Å². The predicted octanol–water partition coefficient (Wildman–Crippen LogP) is -0.183. The number of nitrogens with zero attached hydrogens (tertiary/aromatic N) is 3. The Kier molecular flexibility index (Phi) is 3.99. The molecule has 0 unspecified atom stereocenters. The number of amides is 1. The van der Waals surface area contributed by atoms with Crippen LogP contribution in [-0.4, -0.2) is 60.5 Å². The van der Waals surface area contributed by atoms with Gasteiger partial charge in [0.05, 0.1) is 6.54 Å². The van der Waals surface area contributed by atoms with Crippen LogP contribution in [0, 0.1) is 0 Å². The van der Waals surface area contributed by atoms with Gasteiger partial charge in [-0.05, 0) is 6.07 Å². The Morgan fingerprint density at radius 1 is 1.50 bits per heavy atom. The molecule has 98 valence electrons. The molecule has 1 aromatic heterocycles. The van der Waals surface area contributed by atoms with E-state index in [9.17, 15) is 4.79 Å². The molecule has 2 rings (SSSR count). The fourth-order valence-electron chi connectivity index (χ4n) is 1.81. The molecule has 6 nitrogen and oxygen atoms in total. The van der Waals surface area contributed by atoms with E-state index in [1.165, 1.54) is 0 Å². The second-order valence-electron chi connectivity index (χ2n) is 4.36. The minimum atomic E-state index is 0.161. The average Bonchev–Trinajstić information content (AvgIpc) is 2.34. The van der Waals surface area contributed by atoms with Crippen molar-refractivity contribution in [1.82, 2.24) is 14.8 Å². The summed E-state index contributed by atoms with van der Waals surface area (Å²) < 4.78 is 5.57. The molecule has 1 aliphatic rings. The fraction of sp³-hybridized carbons (Fsp3) is 0.500. The normalized spacial score (nSPS) is 16.9. The number of anilines is 1. The number of carbonyl (C=O) groups excluding carboxylic acids is 1. The number of ether oxygens (including phenoxy) is 1. The lowest BCUT2D eigenvalue weighted by Gasteiger charge is -2.31. The molecule has 2 N–H and O–H groups in total. The molecule has 0 radical (unpaired) electrons. The van der Waals surface area contributed by atoms with Crippen LogP contribution >= 0.6 is 0 Å². The van der Waals surface area contributed by atoms with Gasteiger partial charge in [0, 0.05) is 38.9 Å². The SMILES string of the molecule is CN1CCN(CCOc2ccnc(N)c2)CC1=O. The van der Waals surface area contributed by atoms with E-state index in [2.05, 4.69) is 9.88 Å². The molecule has 0 spiro atoms. The Hall–Kier alpha value is -1.82. The first-order chi connectivity index (χ1) is 8.65. The van der Waals surface area contributed by atoms with E-state index >= 15 is 0 Å². The van der Waals surface area contributed by atoms with Crippen LogP contribution < -0.4 is 10.5 Å². The number of nitrogens with two attached hydrogens (primary N) is 1. The lowest BCUT2D eigenvalue weighted by molar-refractivity contribution is -0.134. The van der Waals surface area contributed by atoms with E-state index in [4.69, 9.17) is 10.5 Å². The summed E-state index contributed by atoms with van der Waals surface area (Å²) in [6.45, 7) is 3.42. The summed E-state index contributed by atoms with van der Waals surface area (Å²) in [5.41, 5.74) is 5.55. The molecular formula is C12H18N4O2. The smallest absolute Gasteiger partial charge is 0.236 e. The zero-order chi connectivity index (χ0) is 13.0. The molecule has 1 amide bonds. The van der Waals surface area contributed by atoms with E-state index < -0.39 is 0 Å². The van der Waals surface area contributed by atoms with Gasteiger partial charge in [0.15, 0.2) is 0 Å². The first kappa shape index (κ1) is 12.6. The maximum Gasteiger partial charge on any atom is 0.236 e. The number of nitrogen functional groups attached to an aromatic ring is 1. The fourth-order valence-corrected chi connectivity index (χ4v) is 1.81. The molecule has 1 fully saturated rings. The Morgan fingerprint density at radius 2 is 2.33 bits per heavy atom. The van der Waals surface area contributed by atoms with Crippen LogP contribution in [0.4, 0.5) is 5.82 Å². The summed E-state index contributed by atoms with van der Waals surface area (Å²) in [5.74, 6) is 1.32. The van der Waals surface area contributed by atoms with Crippen LogP contribution in [0.1, 0.15) is 0 Å². The topological polar surface area (TPSA) is 71.7 Å². The Balaban J connectivity index is 1.74. The van der Waals surface area contributed by atoms with Gasteiger partial charge in [-0.1, -0.05) is 0 Å². The minimum Gasteiger partial charge on any atom is -0.492 e. The highest BCUT2D eigenvalue weighted by Gasteiger charge is 2.20. The van der Waals surface area contributed by atoms with Gasteiger partial charge in [0.25, 0.3) is 0 Å². The van der Waals surface area contributed by atoms with Crippen molar-refractivity contribution < 1.29 is 9.53 Å². The molecule has 0 aliphatic carbocycles. The lowest BCUT2D eigenvalue weighted by atomic mass is 10.3. The number of rotatable bonds is 4. The summed E-state index contributed by atoms with van der Waals surface area (Å²) in [6.07, 6.45) is 1.62. The predicted molar refractivity (Wildman–Crippen MR) is 68.2 cm³/mol. The molecule has 0 bridgehead atoms. The Morgan fingerprint density at radius 3 is 3.06 bits per heavy atom. The maximum absolute atomic E-state index is 11.5. The van der Waals surface area contributed by atoms with Gasteiger partial charge in [0.2, 0.25) is 5.91 Å². The maximum atomic E-state index is 11.5. The molecule has 0 aromatic carbocycles. The van der Waals surface area contributed by atoms with E-state index in [-0.39, 0.29) is 5.91 Å². The number of carbonyl (C=O) groups is 1. The summed E-state index contributed by atoms with van der Waals surface area (Å²) in [5, 5.41) is 0. The monoisotopic (exact) mass is 250 g/mol. The van der Waals surface area contributed by atoms with Crippen molar-refractivity contribution in [3.8, 4) is 5.75 Å². The first-order valence-corrected chi connectivity index (χ1v) is 5.96. The Labute approximate surface area is 106 Å². The molecule has 0 saturated carbocycles. The van der Waals surface area contributed by atoms with Crippen LogP contribution in [0.25, 0.3) is 0 Å².